The molecule has 4 heteroatoms. The molecule has 0 atom stereocenters. The predicted octanol–water partition coefficient (Wildman–Crippen LogP) is 1.78. The molecule has 1 aromatic carbocycles. The minimum atomic E-state index is -0.509. The SMILES string of the molecule is COc1ccc(C2(NC(=O)C(C)=O)CCC2)cc1. The van der Waals surface area contributed by atoms with Gasteiger partial charge in [0.15, 0.2) is 0 Å². The Balaban J connectivity index is 2.20. The van der Waals surface area contributed by atoms with Gasteiger partial charge >= 0.3 is 0 Å². The molecule has 1 aromatic rings. The Morgan fingerprint density at radius 2 is 1.83 bits per heavy atom. The molecule has 1 amide bonds. The van der Waals surface area contributed by atoms with Crippen LogP contribution in [-0.2, 0) is 15.1 Å². The Morgan fingerprint density at radius 1 is 1.22 bits per heavy atom. The molecule has 0 unspecified atom stereocenters. The van der Waals surface area contributed by atoms with Gasteiger partial charge in [0.25, 0.3) is 5.91 Å². The van der Waals surface area contributed by atoms with E-state index in [1.54, 1.807) is 7.11 Å². The maximum atomic E-state index is 11.6. The summed E-state index contributed by atoms with van der Waals surface area (Å²) < 4.78 is 5.11. The van der Waals surface area contributed by atoms with Gasteiger partial charge < -0.3 is 10.1 Å². The predicted molar refractivity (Wildman–Crippen MR) is 67.3 cm³/mol. The third-order valence-corrected chi connectivity index (χ3v) is 3.52. The van der Waals surface area contributed by atoms with E-state index in [1.165, 1.54) is 6.92 Å². The molecule has 0 aromatic heterocycles. The van der Waals surface area contributed by atoms with Gasteiger partial charge in [0.2, 0.25) is 5.78 Å². The average molecular weight is 247 g/mol. The number of benzene rings is 1. The Kier molecular flexibility index (Phi) is 3.36. The molecule has 0 bridgehead atoms. The smallest absolute Gasteiger partial charge is 0.287 e. The van der Waals surface area contributed by atoms with E-state index in [0.717, 1.165) is 30.6 Å². The first-order valence-corrected chi connectivity index (χ1v) is 6.05. The van der Waals surface area contributed by atoms with Crippen molar-refractivity contribution in [3.05, 3.63) is 29.8 Å². The number of hydrogen-bond acceptors (Lipinski definition) is 3. The van der Waals surface area contributed by atoms with Gasteiger partial charge in [-0.25, -0.2) is 0 Å². The van der Waals surface area contributed by atoms with Crippen molar-refractivity contribution in [2.75, 3.05) is 7.11 Å². The number of nitrogens with one attached hydrogen (secondary N) is 1. The first-order valence-electron chi connectivity index (χ1n) is 6.05. The van der Waals surface area contributed by atoms with E-state index in [1.807, 2.05) is 24.3 Å². The van der Waals surface area contributed by atoms with Crippen molar-refractivity contribution < 1.29 is 14.3 Å². The molecule has 1 aliphatic carbocycles. The van der Waals surface area contributed by atoms with Crippen molar-refractivity contribution in [3.63, 3.8) is 0 Å². The zero-order valence-corrected chi connectivity index (χ0v) is 10.7. The summed E-state index contributed by atoms with van der Waals surface area (Å²) in [5.41, 5.74) is 0.666. The maximum Gasteiger partial charge on any atom is 0.287 e. The zero-order chi connectivity index (χ0) is 13.2. The number of Topliss-reactive ketones (excluding diaryl/α,β-unsaturated/α-hetero) is 1. The molecule has 0 radical (unpaired) electrons. The molecule has 18 heavy (non-hydrogen) atoms. The van der Waals surface area contributed by atoms with Crippen LogP contribution in [0.5, 0.6) is 5.75 Å². The molecule has 0 spiro atoms. The molecular formula is C14H17NO3. The van der Waals surface area contributed by atoms with E-state index in [4.69, 9.17) is 4.74 Å². The molecule has 2 rings (SSSR count). The number of carbonyl (C=O) groups excluding carboxylic acids is 2. The summed E-state index contributed by atoms with van der Waals surface area (Å²) in [7, 11) is 1.62. The second kappa shape index (κ2) is 4.80. The highest BCUT2D eigenvalue weighted by molar-refractivity contribution is 6.35. The number of rotatable bonds is 4. The lowest BCUT2D eigenvalue weighted by molar-refractivity contribution is -0.138. The number of carbonyl (C=O) groups is 2. The second-order valence-corrected chi connectivity index (χ2v) is 4.67. The first-order chi connectivity index (χ1) is 8.57. The van der Waals surface area contributed by atoms with Crippen LogP contribution < -0.4 is 10.1 Å². The third kappa shape index (κ3) is 2.23. The van der Waals surface area contributed by atoms with Crippen LogP contribution in [0.3, 0.4) is 0 Å². The van der Waals surface area contributed by atoms with Crippen LogP contribution in [0.15, 0.2) is 24.3 Å². The Labute approximate surface area is 106 Å². The topological polar surface area (TPSA) is 55.4 Å². The molecule has 0 aliphatic heterocycles. The lowest BCUT2D eigenvalue weighted by Crippen LogP contribution is -2.52. The van der Waals surface area contributed by atoms with Crippen molar-refractivity contribution in [2.45, 2.75) is 31.7 Å². The summed E-state index contributed by atoms with van der Waals surface area (Å²) in [6, 6.07) is 7.63. The zero-order valence-electron chi connectivity index (χ0n) is 10.7. The van der Waals surface area contributed by atoms with Crippen molar-refractivity contribution >= 4 is 11.7 Å². The van der Waals surface area contributed by atoms with Gasteiger partial charge in [-0.1, -0.05) is 12.1 Å². The monoisotopic (exact) mass is 247 g/mol. The summed E-state index contributed by atoms with van der Waals surface area (Å²) in [6.07, 6.45) is 2.81. The quantitative estimate of drug-likeness (QED) is 0.825. The molecule has 96 valence electrons. The normalized spacial score (nSPS) is 16.6. The van der Waals surface area contributed by atoms with Gasteiger partial charge in [-0.3, -0.25) is 9.59 Å². The standard InChI is InChI=1S/C14H17NO3/c1-10(16)13(17)15-14(8-3-9-14)11-4-6-12(18-2)7-5-11/h4-7H,3,8-9H2,1-2H3,(H,15,17). The summed E-state index contributed by atoms with van der Waals surface area (Å²) in [6.45, 7) is 1.29. The maximum absolute atomic E-state index is 11.6. The van der Waals surface area contributed by atoms with Crippen LogP contribution in [-0.4, -0.2) is 18.8 Å². The van der Waals surface area contributed by atoms with E-state index in [9.17, 15) is 9.59 Å². The summed E-state index contributed by atoms with van der Waals surface area (Å²) in [4.78, 5) is 22.6. The molecule has 0 heterocycles. The molecule has 4 nitrogen and oxygen atoms in total. The first kappa shape index (κ1) is 12.6. The van der Waals surface area contributed by atoms with Gasteiger partial charge in [0, 0.05) is 6.92 Å². The summed E-state index contributed by atoms with van der Waals surface area (Å²) in [5.74, 6) is -0.175. The Morgan fingerprint density at radius 3 is 2.22 bits per heavy atom. The molecule has 1 fully saturated rings. The van der Waals surface area contributed by atoms with Gasteiger partial charge in [-0.2, -0.15) is 0 Å². The van der Waals surface area contributed by atoms with Gasteiger partial charge in [0.1, 0.15) is 5.75 Å². The van der Waals surface area contributed by atoms with Crippen molar-refractivity contribution in [1.29, 1.82) is 0 Å². The summed E-state index contributed by atoms with van der Waals surface area (Å²) in [5, 5.41) is 2.85. The lowest BCUT2D eigenvalue weighted by Gasteiger charge is -2.42. The van der Waals surface area contributed by atoms with Crippen LogP contribution in [0.4, 0.5) is 0 Å². The van der Waals surface area contributed by atoms with Crippen molar-refractivity contribution in [3.8, 4) is 5.75 Å². The number of amides is 1. The fourth-order valence-electron chi connectivity index (χ4n) is 2.23. The minimum Gasteiger partial charge on any atom is -0.497 e. The van der Waals surface area contributed by atoms with Crippen molar-refractivity contribution in [2.24, 2.45) is 0 Å². The van der Waals surface area contributed by atoms with Crippen LogP contribution in [0, 0.1) is 0 Å². The van der Waals surface area contributed by atoms with Gasteiger partial charge in [0.05, 0.1) is 12.6 Å². The molecule has 0 saturated heterocycles. The number of hydrogen-bond donors (Lipinski definition) is 1. The van der Waals surface area contributed by atoms with E-state index in [-0.39, 0.29) is 5.54 Å². The number of ether oxygens (including phenoxy) is 1. The average Bonchev–Trinajstić information content (AvgIpc) is 2.33. The Hall–Kier alpha value is -1.84. The highest BCUT2D eigenvalue weighted by Gasteiger charge is 2.40. The van der Waals surface area contributed by atoms with Crippen LogP contribution in [0.2, 0.25) is 0 Å². The van der Waals surface area contributed by atoms with Gasteiger partial charge in [-0.15, -0.1) is 0 Å². The van der Waals surface area contributed by atoms with Crippen LogP contribution in [0.25, 0.3) is 0 Å². The largest absolute Gasteiger partial charge is 0.497 e. The van der Waals surface area contributed by atoms with E-state index < -0.39 is 11.7 Å². The minimum absolute atomic E-state index is 0.366. The number of methoxy groups -OCH3 is 1. The molecular weight excluding hydrogens is 230 g/mol. The fraction of sp³-hybridized carbons (Fsp3) is 0.429. The number of ketones is 1. The second-order valence-electron chi connectivity index (χ2n) is 4.67. The van der Waals surface area contributed by atoms with Crippen molar-refractivity contribution in [1.82, 2.24) is 5.32 Å². The van der Waals surface area contributed by atoms with Crippen LogP contribution in [0.1, 0.15) is 31.7 Å². The van der Waals surface area contributed by atoms with E-state index in [2.05, 4.69) is 5.32 Å². The fourth-order valence-corrected chi connectivity index (χ4v) is 2.23. The van der Waals surface area contributed by atoms with Gasteiger partial charge in [-0.05, 0) is 37.0 Å². The highest BCUT2D eigenvalue weighted by atomic mass is 16.5. The molecule has 1 N–H and O–H groups in total. The van der Waals surface area contributed by atoms with E-state index in [0.29, 0.717) is 0 Å². The Bertz CT molecular complexity index is 460. The third-order valence-electron chi connectivity index (χ3n) is 3.52. The molecule has 1 saturated carbocycles. The highest BCUT2D eigenvalue weighted by Crippen LogP contribution is 2.41. The van der Waals surface area contributed by atoms with E-state index >= 15 is 0 Å². The van der Waals surface area contributed by atoms with Crippen LogP contribution >= 0.6 is 0 Å². The summed E-state index contributed by atoms with van der Waals surface area (Å²) >= 11 is 0. The lowest BCUT2D eigenvalue weighted by atomic mass is 9.71. The molecule has 1 aliphatic rings.